The summed E-state index contributed by atoms with van der Waals surface area (Å²) in [6.45, 7) is 1.69. The van der Waals surface area contributed by atoms with Gasteiger partial charge in [-0.1, -0.05) is 11.2 Å². The lowest BCUT2D eigenvalue weighted by Gasteiger charge is -2.01. The third-order valence-electron chi connectivity index (χ3n) is 1.96. The van der Waals surface area contributed by atoms with Crippen LogP contribution in [0.3, 0.4) is 0 Å². The highest BCUT2D eigenvalue weighted by Crippen LogP contribution is 2.10. The second-order valence-corrected chi connectivity index (χ2v) is 4.57. The van der Waals surface area contributed by atoms with Gasteiger partial charge in [-0.3, -0.25) is 0 Å². The van der Waals surface area contributed by atoms with E-state index in [2.05, 4.69) is 32.7 Å². The third kappa shape index (κ3) is 3.26. The fourth-order valence-electron chi connectivity index (χ4n) is 1.22. The maximum Gasteiger partial charge on any atom is 0.338 e. The van der Waals surface area contributed by atoms with E-state index in [4.69, 9.17) is 9.26 Å². The van der Waals surface area contributed by atoms with E-state index in [-0.39, 0.29) is 6.61 Å². The number of carbonyl (C=O) groups excluding carboxylic acids is 1. The number of halogens is 1. The number of benzene rings is 1. The van der Waals surface area contributed by atoms with E-state index in [9.17, 15) is 4.79 Å². The molecule has 0 N–H and O–H groups in total. The minimum atomic E-state index is -0.403. The van der Waals surface area contributed by atoms with Crippen molar-refractivity contribution >= 4 is 28.6 Å². The molecular weight excluding hydrogens is 335 g/mol. The molecule has 0 amide bonds. The van der Waals surface area contributed by atoms with Crippen LogP contribution >= 0.6 is 22.6 Å². The zero-order valence-corrected chi connectivity index (χ0v) is 11.2. The van der Waals surface area contributed by atoms with Gasteiger partial charge < -0.3 is 9.26 Å². The van der Waals surface area contributed by atoms with Crippen LogP contribution < -0.4 is 0 Å². The molecule has 0 bridgehead atoms. The summed E-state index contributed by atoms with van der Waals surface area (Å²) in [6.07, 6.45) is 0. The van der Waals surface area contributed by atoms with E-state index in [1.165, 1.54) is 0 Å². The van der Waals surface area contributed by atoms with Crippen LogP contribution in [0.25, 0.3) is 0 Å². The standard InChI is InChI=1S/C11H9IN2O3/c1-7-13-10(17-14-7)6-16-11(15)8-3-2-4-9(12)5-8/h2-5H,6H2,1H3. The molecule has 5 nitrogen and oxygen atoms in total. The molecule has 0 saturated carbocycles. The number of aryl methyl sites for hydroxylation is 1. The summed E-state index contributed by atoms with van der Waals surface area (Å²) in [6, 6.07) is 7.15. The molecule has 0 fully saturated rings. The number of rotatable bonds is 3. The Labute approximate surface area is 111 Å². The fraction of sp³-hybridized carbons (Fsp3) is 0.182. The van der Waals surface area contributed by atoms with Crippen molar-refractivity contribution in [1.82, 2.24) is 10.1 Å². The number of nitrogens with zero attached hydrogens (tertiary/aromatic N) is 2. The summed E-state index contributed by atoms with van der Waals surface area (Å²) in [4.78, 5) is 15.6. The lowest BCUT2D eigenvalue weighted by atomic mass is 10.2. The van der Waals surface area contributed by atoms with E-state index >= 15 is 0 Å². The van der Waals surface area contributed by atoms with Crippen molar-refractivity contribution in [2.45, 2.75) is 13.5 Å². The van der Waals surface area contributed by atoms with E-state index in [1.54, 1.807) is 25.1 Å². The van der Waals surface area contributed by atoms with Gasteiger partial charge in [0.2, 0.25) is 0 Å². The summed E-state index contributed by atoms with van der Waals surface area (Å²) in [5, 5.41) is 3.60. The van der Waals surface area contributed by atoms with Crippen LogP contribution in [0, 0.1) is 10.5 Å². The first-order valence-electron chi connectivity index (χ1n) is 4.87. The molecule has 0 saturated heterocycles. The topological polar surface area (TPSA) is 65.2 Å². The van der Waals surface area contributed by atoms with Gasteiger partial charge >= 0.3 is 5.97 Å². The third-order valence-corrected chi connectivity index (χ3v) is 2.63. The molecule has 1 aromatic heterocycles. The molecule has 0 aliphatic heterocycles. The summed E-state index contributed by atoms with van der Waals surface area (Å²) >= 11 is 2.13. The zero-order chi connectivity index (χ0) is 12.3. The molecule has 0 spiro atoms. The number of hydrogen-bond acceptors (Lipinski definition) is 5. The number of esters is 1. The monoisotopic (exact) mass is 344 g/mol. The molecule has 0 radical (unpaired) electrons. The van der Waals surface area contributed by atoms with Gasteiger partial charge in [-0.25, -0.2) is 4.79 Å². The van der Waals surface area contributed by atoms with Crippen molar-refractivity contribution < 1.29 is 14.1 Å². The van der Waals surface area contributed by atoms with Crippen molar-refractivity contribution in [2.24, 2.45) is 0 Å². The zero-order valence-electron chi connectivity index (χ0n) is 9.01. The summed E-state index contributed by atoms with van der Waals surface area (Å²) in [7, 11) is 0. The first kappa shape index (κ1) is 12.0. The number of aromatic nitrogens is 2. The van der Waals surface area contributed by atoms with Gasteiger partial charge in [0.25, 0.3) is 5.89 Å². The van der Waals surface area contributed by atoms with Crippen molar-refractivity contribution in [3.8, 4) is 0 Å². The average molecular weight is 344 g/mol. The summed E-state index contributed by atoms with van der Waals surface area (Å²) < 4.78 is 10.9. The van der Waals surface area contributed by atoms with E-state index in [0.29, 0.717) is 17.3 Å². The van der Waals surface area contributed by atoms with E-state index in [1.807, 2.05) is 6.07 Å². The van der Waals surface area contributed by atoms with E-state index < -0.39 is 5.97 Å². The maximum atomic E-state index is 11.7. The van der Waals surface area contributed by atoms with Crippen molar-refractivity contribution in [1.29, 1.82) is 0 Å². The van der Waals surface area contributed by atoms with Crippen LogP contribution in [0.4, 0.5) is 0 Å². The molecule has 2 aromatic rings. The van der Waals surface area contributed by atoms with Gasteiger partial charge in [0, 0.05) is 3.57 Å². The highest BCUT2D eigenvalue weighted by molar-refractivity contribution is 14.1. The van der Waals surface area contributed by atoms with Gasteiger partial charge in [0.1, 0.15) is 0 Å². The van der Waals surface area contributed by atoms with Crippen LogP contribution in [-0.2, 0) is 11.3 Å². The Hall–Kier alpha value is -1.44. The lowest BCUT2D eigenvalue weighted by Crippen LogP contribution is -2.05. The summed E-state index contributed by atoms with van der Waals surface area (Å²) in [5.41, 5.74) is 0.508. The molecule has 0 atom stereocenters. The predicted octanol–water partition coefficient (Wildman–Crippen LogP) is 2.34. The van der Waals surface area contributed by atoms with Crippen LogP contribution in [0.1, 0.15) is 22.1 Å². The normalized spacial score (nSPS) is 10.2. The number of ether oxygens (including phenoxy) is 1. The molecule has 6 heteroatoms. The van der Waals surface area contributed by atoms with Crippen LogP contribution in [0.2, 0.25) is 0 Å². The van der Waals surface area contributed by atoms with Crippen molar-refractivity contribution in [3.63, 3.8) is 0 Å². The highest BCUT2D eigenvalue weighted by Gasteiger charge is 2.10. The van der Waals surface area contributed by atoms with Gasteiger partial charge in [-0.05, 0) is 47.7 Å². The Kier molecular flexibility index (Phi) is 3.72. The first-order valence-corrected chi connectivity index (χ1v) is 5.95. The van der Waals surface area contributed by atoms with Gasteiger partial charge in [-0.15, -0.1) is 0 Å². The number of carbonyl (C=O) groups is 1. The molecule has 2 rings (SSSR count). The quantitative estimate of drug-likeness (QED) is 0.632. The molecule has 0 unspecified atom stereocenters. The SMILES string of the molecule is Cc1noc(COC(=O)c2cccc(I)c2)n1. The Bertz CT molecular complexity index is 539. The summed E-state index contributed by atoms with van der Waals surface area (Å²) in [5.74, 6) is 0.408. The Morgan fingerprint density at radius 1 is 1.53 bits per heavy atom. The van der Waals surface area contributed by atoms with Gasteiger partial charge in [0.15, 0.2) is 12.4 Å². The van der Waals surface area contributed by atoms with E-state index in [0.717, 1.165) is 3.57 Å². The fourth-order valence-corrected chi connectivity index (χ4v) is 1.77. The maximum absolute atomic E-state index is 11.7. The van der Waals surface area contributed by atoms with Crippen molar-refractivity contribution in [2.75, 3.05) is 0 Å². The lowest BCUT2D eigenvalue weighted by molar-refractivity contribution is 0.0429. The van der Waals surface area contributed by atoms with Gasteiger partial charge in [-0.2, -0.15) is 4.98 Å². The molecule has 17 heavy (non-hydrogen) atoms. The van der Waals surface area contributed by atoms with Crippen LogP contribution in [0.5, 0.6) is 0 Å². The molecule has 1 heterocycles. The second-order valence-electron chi connectivity index (χ2n) is 3.32. The van der Waals surface area contributed by atoms with Gasteiger partial charge in [0.05, 0.1) is 5.56 Å². The average Bonchev–Trinajstić information content (AvgIpc) is 2.72. The Morgan fingerprint density at radius 3 is 3.00 bits per heavy atom. The molecule has 1 aromatic carbocycles. The highest BCUT2D eigenvalue weighted by atomic mass is 127. The molecule has 0 aliphatic carbocycles. The smallest absolute Gasteiger partial charge is 0.338 e. The minimum Gasteiger partial charge on any atom is -0.452 e. The Balaban J connectivity index is 1.98. The van der Waals surface area contributed by atoms with Crippen molar-refractivity contribution in [3.05, 3.63) is 45.1 Å². The number of hydrogen-bond donors (Lipinski definition) is 0. The van der Waals surface area contributed by atoms with Crippen LogP contribution in [-0.4, -0.2) is 16.1 Å². The second kappa shape index (κ2) is 5.26. The molecule has 0 aliphatic rings. The molecule has 88 valence electrons. The largest absolute Gasteiger partial charge is 0.452 e. The van der Waals surface area contributed by atoms with Crippen LogP contribution in [0.15, 0.2) is 28.8 Å². The first-order chi connectivity index (χ1) is 8.15. The molecular formula is C11H9IN2O3. The Morgan fingerprint density at radius 2 is 2.35 bits per heavy atom. The predicted molar refractivity (Wildman–Crippen MR) is 67.3 cm³/mol. The minimum absolute atomic E-state index is 0.00878.